The summed E-state index contributed by atoms with van der Waals surface area (Å²) in [6.45, 7) is 1.84. The number of phenols is 1. The fourth-order valence-corrected chi connectivity index (χ4v) is 4.31. The third-order valence-electron chi connectivity index (χ3n) is 5.52. The van der Waals surface area contributed by atoms with Crippen molar-refractivity contribution in [3.63, 3.8) is 0 Å². The number of fused-ring (bicyclic) bond motifs is 1. The van der Waals surface area contributed by atoms with Crippen molar-refractivity contribution < 1.29 is 9.84 Å². The van der Waals surface area contributed by atoms with Crippen molar-refractivity contribution in [2.45, 2.75) is 43.9 Å². The highest BCUT2D eigenvalue weighted by molar-refractivity contribution is 5.28. The van der Waals surface area contributed by atoms with Crippen molar-refractivity contribution in [2.24, 2.45) is 0 Å². The Balaban J connectivity index is 1.43. The summed E-state index contributed by atoms with van der Waals surface area (Å²) in [5.41, 5.74) is 2.62. The number of hydrogen-bond acceptors (Lipinski definition) is 3. The van der Waals surface area contributed by atoms with E-state index in [2.05, 4.69) is 35.2 Å². The number of morpholine rings is 1. The maximum Gasteiger partial charge on any atom is 0.115 e. The summed E-state index contributed by atoms with van der Waals surface area (Å²) in [6, 6.07) is 19.5. The number of phenolic OH excluding ortho intramolecular Hbond substituents is 1. The molecule has 2 heterocycles. The molecule has 0 radical (unpaired) electrons. The Hall–Kier alpha value is -1.84. The predicted octanol–water partition coefficient (Wildman–Crippen LogP) is 3.93. The van der Waals surface area contributed by atoms with E-state index in [4.69, 9.17) is 4.74 Å². The summed E-state index contributed by atoms with van der Waals surface area (Å²) in [5, 5.41) is 9.51. The van der Waals surface area contributed by atoms with E-state index in [9.17, 15) is 5.11 Å². The van der Waals surface area contributed by atoms with Crippen LogP contribution in [0.1, 0.15) is 36.5 Å². The zero-order chi connectivity index (χ0) is 16.4. The Morgan fingerprint density at radius 3 is 2.58 bits per heavy atom. The Kier molecular flexibility index (Phi) is 4.54. The first-order valence-corrected chi connectivity index (χ1v) is 9.01. The fraction of sp³-hybridized carbons (Fsp3) is 0.429. The molecule has 4 rings (SSSR count). The van der Waals surface area contributed by atoms with Crippen molar-refractivity contribution in [1.82, 2.24) is 4.90 Å². The molecule has 126 valence electrons. The molecule has 2 fully saturated rings. The molecule has 2 aromatic rings. The van der Waals surface area contributed by atoms with Gasteiger partial charge in [0, 0.05) is 18.6 Å². The molecule has 0 bridgehead atoms. The van der Waals surface area contributed by atoms with Gasteiger partial charge in [0.2, 0.25) is 0 Å². The summed E-state index contributed by atoms with van der Waals surface area (Å²) in [6.07, 6.45) is 4.98. The summed E-state index contributed by atoms with van der Waals surface area (Å²) >= 11 is 0. The van der Waals surface area contributed by atoms with Crippen LogP contribution in [-0.2, 0) is 11.2 Å². The molecular weight excluding hydrogens is 298 g/mol. The molecule has 24 heavy (non-hydrogen) atoms. The van der Waals surface area contributed by atoms with Crippen LogP contribution in [0.15, 0.2) is 54.6 Å². The number of ether oxygens (including phenoxy) is 1. The molecule has 0 amide bonds. The smallest absolute Gasteiger partial charge is 0.115 e. The van der Waals surface area contributed by atoms with Gasteiger partial charge < -0.3 is 9.84 Å². The number of aromatic hydroxyl groups is 1. The van der Waals surface area contributed by atoms with Gasteiger partial charge in [-0.1, -0.05) is 42.5 Å². The minimum atomic E-state index is 0.140. The van der Waals surface area contributed by atoms with Crippen molar-refractivity contribution in [3.05, 3.63) is 65.7 Å². The van der Waals surface area contributed by atoms with Gasteiger partial charge in [0.1, 0.15) is 5.75 Å². The maximum atomic E-state index is 9.51. The second-order valence-corrected chi connectivity index (χ2v) is 6.94. The first kappa shape index (κ1) is 15.7. The standard InChI is InChI=1S/C21H25NO2/c23-19-11-7-17(8-12-19)21-20-13-10-18(22(20)14-15-24-21)9-6-16-4-2-1-3-5-16/h1-5,7-8,11-12,18,20-21,23H,6,9-10,13-15H2/t18-,20+,21-/m1/s1. The minimum Gasteiger partial charge on any atom is -0.508 e. The van der Waals surface area contributed by atoms with Crippen molar-refractivity contribution in [1.29, 1.82) is 0 Å². The van der Waals surface area contributed by atoms with E-state index in [0.717, 1.165) is 19.6 Å². The van der Waals surface area contributed by atoms with Crippen LogP contribution in [0, 0.1) is 0 Å². The van der Waals surface area contributed by atoms with Gasteiger partial charge in [-0.05, 0) is 48.9 Å². The summed E-state index contributed by atoms with van der Waals surface area (Å²) in [4.78, 5) is 2.67. The number of rotatable bonds is 4. The van der Waals surface area contributed by atoms with Gasteiger partial charge in [0.25, 0.3) is 0 Å². The lowest BCUT2D eigenvalue weighted by molar-refractivity contribution is -0.0686. The van der Waals surface area contributed by atoms with Crippen molar-refractivity contribution >= 4 is 0 Å². The second-order valence-electron chi connectivity index (χ2n) is 6.94. The first-order chi connectivity index (χ1) is 11.8. The van der Waals surface area contributed by atoms with Crippen molar-refractivity contribution in [3.8, 4) is 5.75 Å². The van der Waals surface area contributed by atoms with Crippen LogP contribution in [0.25, 0.3) is 0 Å². The molecule has 2 aliphatic rings. The van der Waals surface area contributed by atoms with Gasteiger partial charge in [-0.3, -0.25) is 4.90 Å². The lowest BCUT2D eigenvalue weighted by atomic mass is 9.99. The average Bonchev–Trinajstić information content (AvgIpc) is 3.05. The number of aryl methyl sites for hydroxylation is 1. The molecule has 3 nitrogen and oxygen atoms in total. The van der Waals surface area contributed by atoms with Crippen LogP contribution in [0.4, 0.5) is 0 Å². The van der Waals surface area contributed by atoms with Gasteiger partial charge in [0.15, 0.2) is 0 Å². The molecule has 2 aromatic carbocycles. The van der Waals surface area contributed by atoms with Gasteiger partial charge in [-0.25, -0.2) is 0 Å². The third-order valence-corrected chi connectivity index (χ3v) is 5.52. The van der Waals surface area contributed by atoms with Crippen LogP contribution in [-0.4, -0.2) is 35.2 Å². The van der Waals surface area contributed by atoms with Crippen molar-refractivity contribution in [2.75, 3.05) is 13.2 Å². The number of nitrogens with zero attached hydrogens (tertiary/aromatic N) is 1. The lowest BCUT2D eigenvalue weighted by Gasteiger charge is -2.39. The Morgan fingerprint density at radius 2 is 1.79 bits per heavy atom. The first-order valence-electron chi connectivity index (χ1n) is 9.01. The van der Waals surface area contributed by atoms with Gasteiger partial charge in [0.05, 0.1) is 12.7 Å². The molecular formula is C21H25NO2. The molecule has 0 aromatic heterocycles. The van der Waals surface area contributed by atoms with Crippen LogP contribution in [0.5, 0.6) is 5.75 Å². The normalized spacial score (nSPS) is 27.1. The van der Waals surface area contributed by atoms with Gasteiger partial charge >= 0.3 is 0 Å². The zero-order valence-electron chi connectivity index (χ0n) is 14.0. The summed E-state index contributed by atoms with van der Waals surface area (Å²) in [5.74, 6) is 0.318. The molecule has 2 saturated heterocycles. The molecule has 2 aliphatic heterocycles. The molecule has 3 heteroatoms. The molecule has 0 aliphatic carbocycles. The third kappa shape index (κ3) is 3.19. The van der Waals surface area contributed by atoms with Gasteiger partial charge in [-0.2, -0.15) is 0 Å². The summed E-state index contributed by atoms with van der Waals surface area (Å²) < 4.78 is 6.11. The highest BCUT2D eigenvalue weighted by atomic mass is 16.5. The van der Waals surface area contributed by atoms with Crippen LogP contribution < -0.4 is 0 Å². The number of hydrogen-bond donors (Lipinski definition) is 1. The van der Waals surface area contributed by atoms with Crippen LogP contribution in [0.2, 0.25) is 0 Å². The van der Waals surface area contributed by atoms with E-state index in [0.29, 0.717) is 17.8 Å². The van der Waals surface area contributed by atoms with E-state index < -0.39 is 0 Å². The second kappa shape index (κ2) is 6.96. The zero-order valence-corrected chi connectivity index (χ0v) is 14.0. The average molecular weight is 323 g/mol. The molecule has 0 unspecified atom stereocenters. The van der Waals surface area contributed by atoms with Gasteiger partial charge in [-0.15, -0.1) is 0 Å². The Bertz CT molecular complexity index is 655. The van der Waals surface area contributed by atoms with Crippen LogP contribution in [0.3, 0.4) is 0 Å². The number of benzene rings is 2. The Morgan fingerprint density at radius 1 is 1.00 bits per heavy atom. The Labute approximate surface area is 143 Å². The van der Waals surface area contributed by atoms with E-state index in [1.807, 2.05) is 12.1 Å². The van der Waals surface area contributed by atoms with Crippen LogP contribution >= 0.6 is 0 Å². The molecule has 3 atom stereocenters. The minimum absolute atomic E-state index is 0.140. The highest BCUT2D eigenvalue weighted by Gasteiger charge is 2.41. The predicted molar refractivity (Wildman–Crippen MR) is 95.1 cm³/mol. The fourth-order valence-electron chi connectivity index (χ4n) is 4.31. The molecule has 1 N–H and O–H groups in total. The topological polar surface area (TPSA) is 32.7 Å². The summed E-state index contributed by atoms with van der Waals surface area (Å²) in [7, 11) is 0. The van der Waals surface area contributed by atoms with E-state index in [1.165, 1.54) is 30.4 Å². The quantitative estimate of drug-likeness (QED) is 0.925. The van der Waals surface area contributed by atoms with E-state index in [-0.39, 0.29) is 6.10 Å². The monoisotopic (exact) mass is 323 g/mol. The molecule has 0 saturated carbocycles. The molecule has 0 spiro atoms. The largest absolute Gasteiger partial charge is 0.508 e. The lowest BCUT2D eigenvalue weighted by Crippen LogP contribution is -2.46. The maximum absolute atomic E-state index is 9.51. The van der Waals surface area contributed by atoms with E-state index in [1.54, 1.807) is 12.1 Å². The highest BCUT2D eigenvalue weighted by Crippen LogP contribution is 2.39. The van der Waals surface area contributed by atoms with E-state index >= 15 is 0 Å². The SMILES string of the molecule is Oc1ccc([C@H]2OCCN3[C@H](CCc4ccccc4)CC[C@@H]23)cc1.